The van der Waals surface area contributed by atoms with E-state index in [0.29, 0.717) is 19.3 Å². The minimum atomic E-state index is -1.10. The summed E-state index contributed by atoms with van der Waals surface area (Å²) in [6.07, 6.45) is 4.26. The minimum Gasteiger partial charge on any atom is -0.481 e. The molecule has 0 amide bonds. The summed E-state index contributed by atoms with van der Waals surface area (Å²) in [6, 6.07) is -1.04. The Labute approximate surface area is 109 Å². The highest BCUT2D eigenvalue weighted by molar-refractivity contribution is 5.74. The van der Waals surface area contributed by atoms with Gasteiger partial charge in [0.2, 0.25) is 0 Å². The Bertz CT molecular complexity index is 288. The summed E-state index contributed by atoms with van der Waals surface area (Å²) in [6.45, 7) is 0. The molecule has 2 N–H and O–H groups in total. The second-order valence-electron chi connectivity index (χ2n) is 4.28. The molecule has 106 valence electrons. The fourth-order valence-corrected chi connectivity index (χ4v) is 2.24. The van der Waals surface area contributed by atoms with Gasteiger partial charge in [0.1, 0.15) is 6.04 Å². The molecule has 1 aliphatic carbocycles. The second-order valence-corrected chi connectivity index (χ2v) is 4.28. The SMILES string of the molecule is C.C.[N-]=[N+]=NC(C(=O)O)C1CCCCCC(O)C1. The van der Waals surface area contributed by atoms with Gasteiger partial charge in [-0.25, -0.2) is 0 Å². The van der Waals surface area contributed by atoms with Crippen LogP contribution in [0.2, 0.25) is 0 Å². The molecule has 1 saturated carbocycles. The Morgan fingerprint density at radius 1 is 1.28 bits per heavy atom. The Morgan fingerprint density at radius 3 is 2.44 bits per heavy atom. The van der Waals surface area contributed by atoms with Crippen molar-refractivity contribution in [1.29, 1.82) is 0 Å². The summed E-state index contributed by atoms with van der Waals surface area (Å²) in [5.41, 5.74) is 8.34. The van der Waals surface area contributed by atoms with Crippen molar-refractivity contribution in [2.24, 2.45) is 11.0 Å². The largest absolute Gasteiger partial charge is 0.481 e. The lowest BCUT2D eigenvalue weighted by atomic mass is 9.85. The van der Waals surface area contributed by atoms with Crippen molar-refractivity contribution in [3.05, 3.63) is 10.4 Å². The van der Waals surface area contributed by atoms with Crippen LogP contribution in [-0.2, 0) is 4.79 Å². The highest BCUT2D eigenvalue weighted by Gasteiger charge is 2.29. The number of carboxylic acids is 1. The number of carbonyl (C=O) groups is 1. The van der Waals surface area contributed by atoms with Crippen molar-refractivity contribution >= 4 is 5.97 Å². The van der Waals surface area contributed by atoms with Crippen molar-refractivity contribution in [1.82, 2.24) is 0 Å². The molecule has 6 nitrogen and oxygen atoms in total. The predicted molar refractivity (Wildman–Crippen MR) is 71.2 cm³/mol. The first kappa shape index (κ1) is 19.1. The molecule has 0 radical (unpaired) electrons. The number of aliphatic carboxylic acids is 1. The highest BCUT2D eigenvalue weighted by atomic mass is 16.4. The molecule has 18 heavy (non-hydrogen) atoms. The van der Waals surface area contributed by atoms with Crippen LogP contribution in [0.3, 0.4) is 0 Å². The van der Waals surface area contributed by atoms with E-state index in [0.717, 1.165) is 19.3 Å². The summed E-state index contributed by atoms with van der Waals surface area (Å²) < 4.78 is 0. The van der Waals surface area contributed by atoms with E-state index in [4.69, 9.17) is 10.6 Å². The maximum atomic E-state index is 10.9. The first-order valence-electron chi connectivity index (χ1n) is 5.60. The van der Waals surface area contributed by atoms with E-state index in [1.807, 2.05) is 0 Å². The number of carboxylic acid groups (broad SMARTS) is 1. The first-order chi connectivity index (χ1) is 7.65. The van der Waals surface area contributed by atoms with Gasteiger partial charge in [-0.1, -0.05) is 39.2 Å². The molecular weight excluding hydrogens is 234 g/mol. The zero-order chi connectivity index (χ0) is 12.0. The van der Waals surface area contributed by atoms with Crippen LogP contribution in [0.15, 0.2) is 5.11 Å². The lowest BCUT2D eigenvalue weighted by molar-refractivity contribution is -0.140. The summed E-state index contributed by atoms with van der Waals surface area (Å²) >= 11 is 0. The molecule has 0 heterocycles. The van der Waals surface area contributed by atoms with Crippen LogP contribution in [0.1, 0.15) is 53.4 Å². The van der Waals surface area contributed by atoms with Crippen molar-refractivity contribution < 1.29 is 15.0 Å². The van der Waals surface area contributed by atoms with E-state index < -0.39 is 18.1 Å². The first-order valence-corrected chi connectivity index (χ1v) is 5.60. The lowest BCUT2D eigenvalue weighted by Crippen LogP contribution is -2.31. The van der Waals surface area contributed by atoms with Gasteiger partial charge in [-0.3, -0.25) is 4.79 Å². The van der Waals surface area contributed by atoms with E-state index in [1.54, 1.807) is 0 Å². The van der Waals surface area contributed by atoms with Gasteiger partial charge >= 0.3 is 5.97 Å². The van der Waals surface area contributed by atoms with Gasteiger partial charge in [0.25, 0.3) is 0 Å². The number of hydrogen-bond acceptors (Lipinski definition) is 3. The molecule has 0 aromatic rings. The smallest absolute Gasteiger partial charge is 0.312 e. The van der Waals surface area contributed by atoms with Gasteiger partial charge in [-0.05, 0) is 30.7 Å². The quantitative estimate of drug-likeness (QED) is 0.461. The second kappa shape index (κ2) is 9.74. The Morgan fingerprint density at radius 2 is 1.89 bits per heavy atom. The van der Waals surface area contributed by atoms with Crippen LogP contribution >= 0.6 is 0 Å². The number of rotatable bonds is 3. The summed E-state index contributed by atoms with van der Waals surface area (Å²) in [5, 5.41) is 21.9. The molecule has 0 spiro atoms. The predicted octanol–water partition coefficient (Wildman–Crippen LogP) is 3.35. The molecule has 3 atom stereocenters. The molecule has 1 aliphatic rings. The Kier molecular flexibility index (Phi) is 10.3. The maximum absolute atomic E-state index is 10.9. The molecule has 6 heteroatoms. The highest BCUT2D eigenvalue weighted by Crippen LogP contribution is 2.27. The fraction of sp³-hybridized carbons (Fsp3) is 0.917. The fourth-order valence-electron chi connectivity index (χ4n) is 2.24. The zero-order valence-electron chi connectivity index (χ0n) is 9.12. The summed E-state index contributed by atoms with van der Waals surface area (Å²) in [4.78, 5) is 13.5. The van der Waals surface area contributed by atoms with E-state index in [-0.39, 0.29) is 20.8 Å². The Hall–Kier alpha value is -1.26. The van der Waals surface area contributed by atoms with Crippen LogP contribution < -0.4 is 0 Å². The third kappa shape index (κ3) is 5.89. The molecule has 0 aromatic carbocycles. The summed E-state index contributed by atoms with van der Waals surface area (Å²) in [7, 11) is 0. The zero-order valence-corrected chi connectivity index (χ0v) is 9.12. The van der Waals surface area contributed by atoms with Crippen LogP contribution in [0.25, 0.3) is 10.4 Å². The maximum Gasteiger partial charge on any atom is 0.312 e. The topological polar surface area (TPSA) is 106 Å². The average molecular weight is 259 g/mol. The van der Waals surface area contributed by atoms with Crippen LogP contribution in [-0.4, -0.2) is 28.3 Å². The number of nitrogens with zero attached hydrogens (tertiary/aromatic N) is 3. The third-order valence-corrected chi connectivity index (χ3v) is 3.06. The van der Waals surface area contributed by atoms with Gasteiger partial charge in [-0.15, -0.1) is 0 Å². The number of aliphatic hydroxyl groups is 1. The van der Waals surface area contributed by atoms with Crippen molar-refractivity contribution in [2.75, 3.05) is 0 Å². The van der Waals surface area contributed by atoms with Gasteiger partial charge in [0.05, 0.1) is 6.10 Å². The van der Waals surface area contributed by atoms with Gasteiger partial charge < -0.3 is 10.2 Å². The van der Waals surface area contributed by atoms with Crippen molar-refractivity contribution in [3.63, 3.8) is 0 Å². The van der Waals surface area contributed by atoms with E-state index in [1.165, 1.54) is 0 Å². The molecule has 1 fully saturated rings. The monoisotopic (exact) mass is 259 g/mol. The Balaban J connectivity index is 0. The van der Waals surface area contributed by atoms with E-state index in [9.17, 15) is 9.90 Å². The number of aliphatic hydroxyl groups excluding tert-OH is 1. The standard InChI is InChI=1S/C10H17N3O3.2CH4/c11-13-12-9(10(15)16)7-4-2-1-3-5-8(14)6-7;;/h7-9,14H,1-6H2,(H,15,16);2*1H4. The molecule has 0 bridgehead atoms. The van der Waals surface area contributed by atoms with Crippen LogP contribution in [0.4, 0.5) is 0 Å². The molecule has 1 rings (SSSR count). The van der Waals surface area contributed by atoms with Crippen LogP contribution in [0.5, 0.6) is 0 Å². The van der Waals surface area contributed by atoms with Gasteiger partial charge in [-0.2, -0.15) is 0 Å². The molecular formula is C12H25N3O3. The average Bonchev–Trinajstić information content (AvgIpc) is 2.20. The van der Waals surface area contributed by atoms with E-state index >= 15 is 0 Å². The van der Waals surface area contributed by atoms with Gasteiger partial charge in [0, 0.05) is 4.91 Å². The normalized spacial score (nSPS) is 25.2. The van der Waals surface area contributed by atoms with E-state index in [2.05, 4.69) is 10.0 Å². The molecule has 0 aliphatic heterocycles. The van der Waals surface area contributed by atoms with Gasteiger partial charge in [0.15, 0.2) is 0 Å². The molecule has 3 unspecified atom stereocenters. The van der Waals surface area contributed by atoms with Crippen molar-refractivity contribution in [3.8, 4) is 0 Å². The molecule has 0 saturated heterocycles. The minimum absolute atomic E-state index is 0. The molecule has 0 aromatic heterocycles. The lowest BCUT2D eigenvalue weighted by Gasteiger charge is -2.25. The number of azide groups is 1. The number of hydrogen-bond donors (Lipinski definition) is 2. The van der Waals surface area contributed by atoms with Crippen LogP contribution in [0, 0.1) is 5.92 Å². The van der Waals surface area contributed by atoms with Crippen molar-refractivity contribution in [2.45, 2.75) is 65.5 Å². The third-order valence-electron chi connectivity index (χ3n) is 3.06. The summed E-state index contributed by atoms with van der Waals surface area (Å²) in [5.74, 6) is -1.35.